The van der Waals surface area contributed by atoms with E-state index in [9.17, 15) is 19.5 Å². The Balaban J connectivity index is 1.50. The lowest BCUT2D eigenvalue weighted by Crippen LogP contribution is -2.54. The van der Waals surface area contributed by atoms with E-state index < -0.39 is 17.5 Å². The first-order valence-corrected chi connectivity index (χ1v) is 11.3. The zero-order chi connectivity index (χ0) is 26.2. The fourth-order valence-electron chi connectivity index (χ4n) is 4.30. The number of rotatable bonds is 5. The second-order valence-electron chi connectivity index (χ2n) is 8.55. The van der Waals surface area contributed by atoms with Gasteiger partial charge in [-0.15, -0.1) is 0 Å². The van der Waals surface area contributed by atoms with E-state index in [0.29, 0.717) is 28.3 Å². The second kappa shape index (κ2) is 9.20. The van der Waals surface area contributed by atoms with Crippen LogP contribution in [0.2, 0.25) is 0 Å². The molecule has 0 bridgehead atoms. The average Bonchev–Trinajstić information content (AvgIpc) is 3.36. The number of aromatic nitrogens is 1. The molecule has 10 nitrogen and oxygen atoms in total. The molecule has 0 unspecified atom stereocenters. The number of nitrogens with one attached hydrogen (secondary N) is 2. The fourth-order valence-corrected chi connectivity index (χ4v) is 4.30. The Morgan fingerprint density at radius 1 is 1.08 bits per heavy atom. The minimum Gasteiger partial charge on any atom is -0.508 e. The number of benzene rings is 2. The first-order chi connectivity index (χ1) is 17.8. The van der Waals surface area contributed by atoms with Gasteiger partial charge in [0.15, 0.2) is 11.4 Å². The molecule has 0 aliphatic carbocycles. The summed E-state index contributed by atoms with van der Waals surface area (Å²) in [5.74, 6) is 5.73. The number of pyridine rings is 1. The van der Waals surface area contributed by atoms with Crippen LogP contribution in [0.25, 0.3) is 11.3 Å². The Bertz CT molecular complexity index is 1510. The first-order valence-electron chi connectivity index (χ1n) is 11.3. The molecule has 10 heteroatoms. The van der Waals surface area contributed by atoms with Gasteiger partial charge in [0.2, 0.25) is 5.54 Å². The van der Waals surface area contributed by atoms with Crippen LogP contribution in [0.3, 0.4) is 0 Å². The number of imide groups is 1. The number of nitrogens with zero attached hydrogens (tertiary/aromatic N) is 2. The van der Waals surface area contributed by atoms with Crippen LogP contribution in [0.15, 0.2) is 54.6 Å². The lowest BCUT2D eigenvalue weighted by molar-refractivity contribution is -0.122. The molecule has 1 saturated heterocycles. The second-order valence-corrected chi connectivity index (χ2v) is 8.55. The molecule has 3 aromatic rings. The molecule has 1 atom stereocenters. The van der Waals surface area contributed by atoms with Crippen LogP contribution in [0.5, 0.6) is 17.2 Å². The molecule has 3 heterocycles. The minimum absolute atomic E-state index is 0.0842. The van der Waals surface area contributed by atoms with Crippen molar-refractivity contribution in [3.8, 4) is 40.3 Å². The summed E-state index contributed by atoms with van der Waals surface area (Å²) >= 11 is 0. The van der Waals surface area contributed by atoms with Gasteiger partial charge in [-0.25, -0.2) is 9.78 Å². The standard InChI is InChI=1S/C27H22N4O6/c1-36-19-7-6-17-14-31(24(33)20(17)13-19)15-27(25(34)29-26(35)30-27)11-10-22-23(37-2)9-8-21(28-22)16-4-3-5-18(32)12-16/h3-9,12-13,32H,14-15H2,1-2H3,(H2,29,30,34,35)/t27-/m1/s1. The van der Waals surface area contributed by atoms with Crippen LogP contribution < -0.4 is 20.1 Å². The highest BCUT2D eigenvalue weighted by Gasteiger charge is 2.48. The van der Waals surface area contributed by atoms with Crippen LogP contribution in [-0.2, 0) is 11.3 Å². The predicted molar refractivity (Wildman–Crippen MR) is 132 cm³/mol. The van der Waals surface area contributed by atoms with Gasteiger partial charge in [-0.1, -0.05) is 24.1 Å². The number of phenols is 1. The molecule has 2 aliphatic rings. The van der Waals surface area contributed by atoms with Crippen LogP contribution in [0, 0.1) is 11.8 Å². The number of hydrogen-bond acceptors (Lipinski definition) is 7. The zero-order valence-electron chi connectivity index (χ0n) is 20.0. The lowest BCUT2D eigenvalue weighted by Gasteiger charge is -2.26. The number of hydrogen-bond donors (Lipinski definition) is 3. The number of phenolic OH excluding ortho intramolecular Hbond substituents is 1. The molecule has 0 spiro atoms. The maximum absolute atomic E-state index is 13.1. The third-order valence-electron chi connectivity index (χ3n) is 6.18. The van der Waals surface area contributed by atoms with E-state index in [2.05, 4.69) is 27.5 Å². The monoisotopic (exact) mass is 498 g/mol. The lowest BCUT2D eigenvalue weighted by atomic mass is 9.99. The van der Waals surface area contributed by atoms with Gasteiger partial charge in [-0.2, -0.15) is 0 Å². The summed E-state index contributed by atoms with van der Waals surface area (Å²) in [5.41, 5.74) is 0.942. The van der Waals surface area contributed by atoms with Gasteiger partial charge >= 0.3 is 6.03 Å². The smallest absolute Gasteiger partial charge is 0.323 e. The minimum atomic E-state index is -1.70. The maximum atomic E-state index is 13.1. The summed E-state index contributed by atoms with van der Waals surface area (Å²) in [6, 6.07) is 14.4. The van der Waals surface area contributed by atoms with E-state index in [4.69, 9.17) is 9.47 Å². The van der Waals surface area contributed by atoms with Crippen molar-refractivity contribution >= 4 is 17.8 Å². The van der Waals surface area contributed by atoms with Gasteiger partial charge < -0.3 is 24.8 Å². The van der Waals surface area contributed by atoms with E-state index in [1.165, 1.54) is 19.1 Å². The molecule has 2 aromatic carbocycles. The van der Waals surface area contributed by atoms with Crippen molar-refractivity contribution in [1.29, 1.82) is 0 Å². The Morgan fingerprint density at radius 3 is 2.62 bits per heavy atom. The predicted octanol–water partition coefficient (Wildman–Crippen LogP) is 2.06. The molecule has 4 amide bonds. The highest BCUT2D eigenvalue weighted by molar-refractivity contribution is 6.10. The molecular formula is C27H22N4O6. The van der Waals surface area contributed by atoms with Gasteiger partial charge in [0.05, 0.1) is 26.5 Å². The SMILES string of the molecule is COc1ccc2c(c1)C(=O)N(C[C@@]1(C#Cc3nc(-c4cccc(O)c4)ccc3OC)NC(=O)NC1=O)C2. The molecule has 186 valence electrons. The number of aromatic hydroxyl groups is 1. The number of urea groups is 1. The van der Waals surface area contributed by atoms with Gasteiger partial charge in [0.25, 0.3) is 11.8 Å². The number of carbonyl (C=O) groups excluding carboxylic acids is 3. The molecule has 0 saturated carbocycles. The van der Waals surface area contributed by atoms with Gasteiger partial charge in [0.1, 0.15) is 11.5 Å². The summed E-state index contributed by atoms with van der Waals surface area (Å²) in [6.45, 7) is 0.0707. The average molecular weight is 498 g/mol. The summed E-state index contributed by atoms with van der Waals surface area (Å²) in [7, 11) is 2.98. The van der Waals surface area contributed by atoms with E-state index in [1.807, 2.05) is 0 Å². The summed E-state index contributed by atoms with van der Waals surface area (Å²) in [6.07, 6.45) is 0. The van der Waals surface area contributed by atoms with Gasteiger partial charge in [-0.3, -0.25) is 14.9 Å². The van der Waals surface area contributed by atoms with Crippen molar-refractivity contribution in [2.75, 3.05) is 20.8 Å². The zero-order valence-corrected chi connectivity index (χ0v) is 20.0. The Morgan fingerprint density at radius 2 is 1.92 bits per heavy atom. The summed E-state index contributed by atoms with van der Waals surface area (Å²) < 4.78 is 10.6. The number of amides is 4. The number of methoxy groups -OCH3 is 2. The Kier molecular flexibility index (Phi) is 5.89. The number of carbonyl (C=O) groups is 3. The van der Waals surface area contributed by atoms with Crippen LogP contribution in [0.4, 0.5) is 4.79 Å². The summed E-state index contributed by atoms with van der Waals surface area (Å²) in [5, 5.41) is 14.6. The molecule has 37 heavy (non-hydrogen) atoms. The normalized spacial score (nSPS) is 18.0. The van der Waals surface area contributed by atoms with Gasteiger partial charge in [-0.05, 0) is 47.9 Å². The fraction of sp³-hybridized carbons (Fsp3) is 0.185. The molecule has 1 aromatic heterocycles. The molecular weight excluding hydrogens is 476 g/mol. The van der Waals surface area contributed by atoms with Crippen LogP contribution in [0.1, 0.15) is 21.6 Å². The molecule has 5 rings (SSSR count). The third kappa shape index (κ3) is 4.38. The van der Waals surface area contributed by atoms with Crippen molar-refractivity contribution in [2.24, 2.45) is 0 Å². The molecule has 3 N–H and O–H groups in total. The van der Waals surface area contributed by atoms with E-state index in [-0.39, 0.29) is 30.4 Å². The van der Waals surface area contributed by atoms with Crippen molar-refractivity contribution < 1.29 is 29.0 Å². The van der Waals surface area contributed by atoms with Crippen LogP contribution in [-0.4, -0.2) is 59.1 Å². The molecule has 2 aliphatic heterocycles. The van der Waals surface area contributed by atoms with Crippen molar-refractivity contribution in [3.63, 3.8) is 0 Å². The Hall–Kier alpha value is -5.04. The van der Waals surface area contributed by atoms with E-state index in [0.717, 1.165) is 5.56 Å². The van der Waals surface area contributed by atoms with Gasteiger partial charge in [0, 0.05) is 17.7 Å². The number of fused-ring (bicyclic) bond motifs is 1. The largest absolute Gasteiger partial charge is 0.508 e. The summed E-state index contributed by atoms with van der Waals surface area (Å²) in [4.78, 5) is 44.2. The van der Waals surface area contributed by atoms with Crippen molar-refractivity contribution in [1.82, 2.24) is 20.5 Å². The third-order valence-corrected chi connectivity index (χ3v) is 6.18. The topological polar surface area (TPSA) is 130 Å². The first kappa shape index (κ1) is 23.7. The quantitative estimate of drug-likeness (QED) is 0.363. The molecule has 1 fully saturated rings. The van der Waals surface area contributed by atoms with Crippen LogP contribution >= 0.6 is 0 Å². The van der Waals surface area contributed by atoms with Crippen molar-refractivity contribution in [3.05, 3.63) is 71.4 Å². The number of ether oxygens (including phenoxy) is 2. The maximum Gasteiger partial charge on any atom is 0.323 e. The highest BCUT2D eigenvalue weighted by atomic mass is 16.5. The molecule has 0 radical (unpaired) electrons. The van der Waals surface area contributed by atoms with Crippen molar-refractivity contribution in [2.45, 2.75) is 12.1 Å². The Labute approximate surface area is 212 Å². The highest BCUT2D eigenvalue weighted by Crippen LogP contribution is 2.29. The van der Waals surface area contributed by atoms with E-state index in [1.54, 1.807) is 54.6 Å². The van der Waals surface area contributed by atoms with E-state index >= 15 is 0 Å².